The van der Waals surface area contributed by atoms with Crippen molar-refractivity contribution in [3.05, 3.63) is 42.5 Å². The smallest absolute Gasteiger partial charge is 0.241 e. The summed E-state index contributed by atoms with van der Waals surface area (Å²) in [5.74, 6) is 0.832. The van der Waals surface area contributed by atoms with E-state index >= 15 is 0 Å². The van der Waals surface area contributed by atoms with Gasteiger partial charge in [-0.25, -0.2) is 13.1 Å². The maximum Gasteiger partial charge on any atom is 0.241 e. The lowest BCUT2D eigenvalue weighted by atomic mass is 10.3. The minimum Gasteiger partial charge on any atom is -0.497 e. The molecule has 0 radical (unpaired) electrons. The number of rotatable bonds is 8. The van der Waals surface area contributed by atoms with Crippen LogP contribution in [-0.4, -0.2) is 42.2 Å². The lowest BCUT2D eigenvalue weighted by Gasteiger charge is -2.11. The SMILES string of the molecule is COc1ccc(NC(=O)CNS(=O)(=O)c2ccc(OC)c(OC)c2)cc1. The van der Waals surface area contributed by atoms with Crippen LogP contribution in [0.4, 0.5) is 5.69 Å². The predicted molar refractivity (Wildman–Crippen MR) is 96.4 cm³/mol. The van der Waals surface area contributed by atoms with E-state index in [4.69, 9.17) is 14.2 Å². The lowest BCUT2D eigenvalue weighted by Crippen LogP contribution is -2.32. The van der Waals surface area contributed by atoms with Gasteiger partial charge in [0, 0.05) is 11.8 Å². The fraction of sp³-hybridized carbons (Fsp3) is 0.235. The van der Waals surface area contributed by atoms with Gasteiger partial charge in [0.1, 0.15) is 5.75 Å². The molecule has 0 atom stereocenters. The molecule has 1 amide bonds. The molecule has 140 valence electrons. The van der Waals surface area contributed by atoms with Crippen LogP contribution in [0.3, 0.4) is 0 Å². The predicted octanol–water partition coefficient (Wildman–Crippen LogP) is 1.63. The minimum atomic E-state index is -3.88. The maximum atomic E-state index is 12.3. The van der Waals surface area contributed by atoms with E-state index in [1.54, 1.807) is 24.3 Å². The summed E-state index contributed by atoms with van der Waals surface area (Å²) in [5, 5.41) is 2.59. The third-order valence-corrected chi connectivity index (χ3v) is 4.86. The molecular formula is C17H20N2O6S. The number of ether oxygens (including phenoxy) is 3. The first kappa shape index (κ1) is 19.5. The zero-order chi connectivity index (χ0) is 19.2. The van der Waals surface area contributed by atoms with E-state index < -0.39 is 22.5 Å². The summed E-state index contributed by atoms with van der Waals surface area (Å²) < 4.78 is 42.1. The van der Waals surface area contributed by atoms with Crippen molar-refractivity contribution in [3.63, 3.8) is 0 Å². The van der Waals surface area contributed by atoms with Crippen LogP contribution in [0.1, 0.15) is 0 Å². The van der Waals surface area contributed by atoms with Crippen molar-refractivity contribution in [2.45, 2.75) is 4.90 Å². The maximum absolute atomic E-state index is 12.3. The Labute approximate surface area is 152 Å². The molecule has 0 aliphatic heterocycles. The molecule has 0 aliphatic rings. The molecule has 0 saturated heterocycles. The monoisotopic (exact) mass is 380 g/mol. The highest BCUT2D eigenvalue weighted by Crippen LogP contribution is 2.29. The fourth-order valence-electron chi connectivity index (χ4n) is 2.11. The summed E-state index contributed by atoms with van der Waals surface area (Å²) in [6.45, 7) is -0.414. The second kappa shape index (κ2) is 8.54. The summed E-state index contributed by atoms with van der Waals surface area (Å²) in [6, 6.07) is 10.8. The zero-order valence-corrected chi connectivity index (χ0v) is 15.4. The molecular weight excluding hydrogens is 360 g/mol. The van der Waals surface area contributed by atoms with Gasteiger partial charge in [0.05, 0.1) is 32.8 Å². The summed E-state index contributed by atoms with van der Waals surface area (Å²) in [5.41, 5.74) is 0.529. The van der Waals surface area contributed by atoms with E-state index in [2.05, 4.69) is 10.0 Å². The van der Waals surface area contributed by atoms with Crippen LogP contribution in [0.2, 0.25) is 0 Å². The Morgan fingerprint density at radius 2 is 1.58 bits per heavy atom. The van der Waals surface area contributed by atoms with Crippen LogP contribution >= 0.6 is 0 Å². The van der Waals surface area contributed by atoms with Crippen LogP contribution in [0, 0.1) is 0 Å². The van der Waals surface area contributed by atoms with Gasteiger partial charge in [0.25, 0.3) is 0 Å². The highest BCUT2D eigenvalue weighted by atomic mass is 32.2. The molecule has 2 aromatic carbocycles. The Balaban J connectivity index is 2.01. The Hall–Kier alpha value is -2.78. The van der Waals surface area contributed by atoms with Gasteiger partial charge in [-0.2, -0.15) is 0 Å². The molecule has 0 spiro atoms. The standard InChI is InChI=1S/C17H20N2O6S/c1-23-13-6-4-12(5-7-13)19-17(20)11-18-26(21,22)14-8-9-15(24-2)16(10-14)25-3/h4-10,18H,11H2,1-3H3,(H,19,20). The quantitative estimate of drug-likeness (QED) is 0.722. The van der Waals surface area contributed by atoms with Gasteiger partial charge in [0.2, 0.25) is 15.9 Å². The van der Waals surface area contributed by atoms with Crippen LogP contribution in [0.5, 0.6) is 17.2 Å². The average Bonchev–Trinajstić information content (AvgIpc) is 2.66. The molecule has 0 heterocycles. The Kier molecular flexibility index (Phi) is 6.42. The number of methoxy groups -OCH3 is 3. The Bertz CT molecular complexity index is 865. The van der Waals surface area contributed by atoms with E-state index in [1.807, 2.05) is 0 Å². The van der Waals surface area contributed by atoms with Gasteiger partial charge in [-0.05, 0) is 36.4 Å². The molecule has 8 nitrogen and oxygen atoms in total. The van der Waals surface area contributed by atoms with Crippen molar-refractivity contribution in [2.75, 3.05) is 33.2 Å². The molecule has 9 heteroatoms. The first-order valence-corrected chi connectivity index (χ1v) is 9.03. The summed E-state index contributed by atoms with van der Waals surface area (Å²) in [6.07, 6.45) is 0. The number of nitrogens with one attached hydrogen (secondary N) is 2. The number of carbonyl (C=O) groups excluding carboxylic acids is 1. The summed E-state index contributed by atoms with van der Waals surface area (Å²) >= 11 is 0. The van der Waals surface area contributed by atoms with E-state index in [1.165, 1.54) is 39.5 Å². The number of benzene rings is 2. The molecule has 0 bridgehead atoms. The number of anilines is 1. The molecule has 26 heavy (non-hydrogen) atoms. The van der Waals surface area contributed by atoms with Crippen LogP contribution < -0.4 is 24.2 Å². The van der Waals surface area contributed by atoms with Crippen LogP contribution in [-0.2, 0) is 14.8 Å². The number of hydrogen-bond acceptors (Lipinski definition) is 6. The molecule has 0 aromatic heterocycles. The molecule has 2 rings (SSSR count). The second-order valence-electron chi connectivity index (χ2n) is 5.12. The molecule has 2 N–H and O–H groups in total. The van der Waals surface area contributed by atoms with Crippen molar-refractivity contribution < 1.29 is 27.4 Å². The molecule has 0 saturated carbocycles. The molecule has 0 unspecified atom stereocenters. The molecule has 2 aromatic rings. The van der Waals surface area contributed by atoms with Crippen molar-refractivity contribution >= 4 is 21.6 Å². The van der Waals surface area contributed by atoms with E-state index in [9.17, 15) is 13.2 Å². The highest BCUT2D eigenvalue weighted by molar-refractivity contribution is 7.89. The van der Waals surface area contributed by atoms with Gasteiger partial charge in [-0.15, -0.1) is 0 Å². The fourth-order valence-corrected chi connectivity index (χ4v) is 3.10. The van der Waals surface area contributed by atoms with E-state index in [0.29, 0.717) is 17.2 Å². The van der Waals surface area contributed by atoms with Crippen molar-refractivity contribution in [1.29, 1.82) is 0 Å². The van der Waals surface area contributed by atoms with Crippen molar-refractivity contribution in [2.24, 2.45) is 0 Å². The van der Waals surface area contributed by atoms with Crippen molar-refractivity contribution in [3.8, 4) is 17.2 Å². The minimum absolute atomic E-state index is 0.0348. The van der Waals surface area contributed by atoms with Gasteiger partial charge >= 0.3 is 0 Å². The van der Waals surface area contributed by atoms with Gasteiger partial charge in [-0.3, -0.25) is 4.79 Å². The van der Waals surface area contributed by atoms with Gasteiger partial charge in [0.15, 0.2) is 11.5 Å². The number of sulfonamides is 1. The van der Waals surface area contributed by atoms with E-state index in [-0.39, 0.29) is 10.6 Å². The van der Waals surface area contributed by atoms with E-state index in [0.717, 1.165) is 0 Å². The highest BCUT2D eigenvalue weighted by Gasteiger charge is 2.18. The Morgan fingerprint density at radius 3 is 2.15 bits per heavy atom. The van der Waals surface area contributed by atoms with Gasteiger partial charge < -0.3 is 19.5 Å². The third kappa shape index (κ3) is 4.87. The normalized spacial score (nSPS) is 10.9. The van der Waals surface area contributed by atoms with Crippen molar-refractivity contribution in [1.82, 2.24) is 4.72 Å². The summed E-state index contributed by atoms with van der Waals surface area (Å²) in [4.78, 5) is 11.9. The number of hydrogen-bond donors (Lipinski definition) is 2. The number of amides is 1. The second-order valence-corrected chi connectivity index (χ2v) is 6.88. The topological polar surface area (TPSA) is 103 Å². The first-order valence-electron chi connectivity index (χ1n) is 7.55. The average molecular weight is 380 g/mol. The Morgan fingerprint density at radius 1 is 0.923 bits per heavy atom. The van der Waals surface area contributed by atoms with Crippen LogP contribution in [0.25, 0.3) is 0 Å². The zero-order valence-electron chi connectivity index (χ0n) is 14.6. The number of carbonyl (C=O) groups is 1. The van der Waals surface area contributed by atoms with Gasteiger partial charge in [-0.1, -0.05) is 0 Å². The molecule has 0 aliphatic carbocycles. The first-order chi connectivity index (χ1) is 12.4. The van der Waals surface area contributed by atoms with Crippen LogP contribution in [0.15, 0.2) is 47.4 Å². The third-order valence-electron chi connectivity index (χ3n) is 3.46. The summed E-state index contributed by atoms with van der Waals surface area (Å²) in [7, 11) is 0.515. The molecule has 0 fully saturated rings. The lowest BCUT2D eigenvalue weighted by molar-refractivity contribution is -0.115. The largest absolute Gasteiger partial charge is 0.497 e.